The van der Waals surface area contributed by atoms with Crippen LogP contribution in [0.3, 0.4) is 0 Å². The summed E-state index contributed by atoms with van der Waals surface area (Å²) < 4.78 is 1.79. The van der Waals surface area contributed by atoms with Gasteiger partial charge in [0.1, 0.15) is 5.69 Å². The number of piperazine rings is 1. The normalized spacial score (nSPS) is 16.5. The standard InChI is InChI=1S/C27H30N4O2/c1-19-11-12-23(20(2)17-19)25-24(18-31(28-25)22-9-4-3-5-10-22)27(33)30-15-13-29(14-16-30)26(32)21-7-6-8-21/h3-5,9-12,17-18,21H,6-8,13-16H2,1-2H3. The highest BCUT2D eigenvalue weighted by Gasteiger charge is 2.33. The van der Waals surface area contributed by atoms with Gasteiger partial charge in [-0.2, -0.15) is 5.10 Å². The predicted molar refractivity (Wildman–Crippen MR) is 128 cm³/mol. The van der Waals surface area contributed by atoms with Crippen LogP contribution in [-0.2, 0) is 4.79 Å². The van der Waals surface area contributed by atoms with E-state index in [0.717, 1.165) is 36.1 Å². The van der Waals surface area contributed by atoms with Crippen molar-refractivity contribution in [2.24, 2.45) is 5.92 Å². The first-order valence-electron chi connectivity index (χ1n) is 11.8. The van der Waals surface area contributed by atoms with Crippen LogP contribution in [0.4, 0.5) is 0 Å². The summed E-state index contributed by atoms with van der Waals surface area (Å²) in [6, 6.07) is 16.1. The topological polar surface area (TPSA) is 58.4 Å². The summed E-state index contributed by atoms with van der Waals surface area (Å²) in [5, 5.41) is 4.85. The van der Waals surface area contributed by atoms with Crippen LogP contribution in [0.25, 0.3) is 16.9 Å². The lowest BCUT2D eigenvalue weighted by Gasteiger charge is -2.38. The molecule has 1 saturated heterocycles. The van der Waals surface area contributed by atoms with Gasteiger partial charge in [0, 0.05) is 43.9 Å². The van der Waals surface area contributed by atoms with Gasteiger partial charge < -0.3 is 9.80 Å². The van der Waals surface area contributed by atoms with Crippen molar-refractivity contribution in [3.05, 3.63) is 71.4 Å². The van der Waals surface area contributed by atoms with Gasteiger partial charge in [-0.05, 0) is 44.4 Å². The predicted octanol–water partition coefficient (Wildman–Crippen LogP) is 4.24. The Balaban J connectivity index is 1.43. The number of carbonyl (C=O) groups excluding carboxylic acids is 2. The summed E-state index contributed by atoms with van der Waals surface area (Å²) >= 11 is 0. The van der Waals surface area contributed by atoms with E-state index in [4.69, 9.17) is 5.10 Å². The Morgan fingerprint density at radius 2 is 1.61 bits per heavy atom. The number of hydrogen-bond acceptors (Lipinski definition) is 3. The zero-order valence-corrected chi connectivity index (χ0v) is 19.3. The number of amides is 2. The van der Waals surface area contributed by atoms with Crippen LogP contribution in [0.5, 0.6) is 0 Å². The SMILES string of the molecule is Cc1ccc(-c2nn(-c3ccccc3)cc2C(=O)N2CCN(C(=O)C3CCC3)CC2)c(C)c1. The van der Waals surface area contributed by atoms with E-state index in [1.807, 2.05) is 52.4 Å². The molecule has 2 amide bonds. The van der Waals surface area contributed by atoms with Crippen LogP contribution >= 0.6 is 0 Å². The molecule has 1 aliphatic heterocycles. The molecule has 0 atom stereocenters. The van der Waals surface area contributed by atoms with Crippen LogP contribution in [0.2, 0.25) is 0 Å². The minimum atomic E-state index is -0.0251. The molecule has 3 aromatic rings. The van der Waals surface area contributed by atoms with Gasteiger partial charge in [-0.15, -0.1) is 0 Å². The molecule has 2 aliphatic rings. The van der Waals surface area contributed by atoms with Crippen molar-refractivity contribution in [2.75, 3.05) is 26.2 Å². The molecule has 1 aromatic heterocycles. The number of carbonyl (C=O) groups is 2. The van der Waals surface area contributed by atoms with E-state index < -0.39 is 0 Å². The number of aryl methyl sites for hydroxylation is 2. The van der Waals surface area contributed by atoms with Crippen LogP contribution in [0.15, 0.2) is 54.7 Å². The Hall–Kier alpha value is -3.41. The summed E-state index contributed by atoms with van der Waals surface area (Å²) in [5.41, 5.74) is 5.46. The molecule has 1 saturated carbocycles. The zero-order chi connectivity index (χ0) is 22.9. The number of aromatic nitrogens is 2. The molecule has 0 spiro atoms. The number of benzene rings is 2. The van der Waals surface area contributed by atoms with Crippen molar-refractivity contribution in [1.82, 2.24) is 19.6 Å². The summed E-state index contributed by atoms with van der Waals surface area (Å²) in [6.45, 7) is 6.44. The largest absolute Gasteiger partial charge is 0.339 e. The van der Waals surface area contributed by atoms with Gasteiger partial charge in [0.2, 0.25) is 5.91 Å². The molecule has 1 aliphatic carbocycles. The van der Waals surface area contributed by atoms with Crippen molar-refractivity contribution in [3.63, 3.8) is 0 Å². The number of rotatable bonds is 4. The Morgan fingerprint density at radius 3 is 2.24 bits per heavy atom. The molecule has 2 aromatic carbocycles. The molecule has 0 N–H and O–H groups in total. The van der Waals surface area contributed by atoms with Crippen LogP contribution in [0, 0.1) is 19.8 Å². The smallest absolute Gasteiger partial charge is 0.257 e. The van der Waals surface area contributed by atoms with Crippen LogP contribution in [0.1, 0.15) is 40.7 Å². The molecule has 2 fully saturated rings. The fourth-order valence-corrected chi connectivity index (χ4v) is 4.74. The van der Waals surface area contributed by atoms with Gasteiger partial charge >= 0.3 is 0 Å². The monoisotopic (exact) mass is 442 g/mol. The van der Waals surface area contributed by atoms with E-state index >= 15 is 0 Å². The molecule has 5 rings (SSSR count). The minimum absolute atomic E-state index is 0.0251. The Morgan fingerprint density at radius 1 is 0.909 bits per heavy atom. The van der Waals surface area contributed by atoms with Crippen LogP contribution in [-0.4, -0.2) is 57.6 Å². The average molecular weight is 443 g/mol. The summed E-state index contributed by atoms with van der Waals surface area (Å²) in [6.07, 6.45) is 5.02. The highest BCUT2D eigenvalue weighted by molar-refractivity contribution is 6.00. The molecule has 0 radical (unpaired) electrons. The van der Waals surface area contributed by atoms with E-state index in [-0.39, 0.29) is 17.7 Å². The highest BCUT2D eigenvalue weighted by atomic mass is 16.2. The average Bonchev–Trinajstić information content (AvgIpc) is 3.23. The maximum absolute atomic E-state index is 13.7. The maximum atomic E-state index is 13.7. The Kier molecular flexibility index (Phi) is 5.75. The van der Waals surface area contributed by atoms with Crippen molar-refractivity contribution < 1.29 is 9.59 Å². The molecule has 33 heavy (non-hydrogen) atoms. The third-order valence-electron chi connectivity index (χ3n) is 6.94. The first-order valence-corrected chi connectivity index (χ1v) is 11.8. The summed E-state index contributed by atoms with van der Waals surface area (Å²) in [7, 11) is 0. The lowest BCUT2D eigenvalue weighted by Crippen LogP contribution is -2.52. The van der Waals surface area contributed by atoms with Gasteiger partial charge in [0.05, 0.1) is 11.3 Å². The van der Waals surface area contributed by atoms with E-state index in [9.17, 15) is 9.59 Å². The second-order valence-corrected chi connectivity index (χ2v) is 9.24. The molecule has 6 nitrogen and oxygen atoms in total. The third-order valence-corrected chi connectivity index (χ3v) is 6.94. The van der Waals surface area contributed by atoms with Gasteiger partial charge in [0.25, 0.3) is 5.91 Å². The van der Waals surface area contributed by atoms with E-state index in [0.29, 0.717) is 37.4 Å². The first-order chi connectivity index (χ1) is 16.0. The Labute approximate surface area is 194 Å². The van der Waals surface area contributed by atoms with Crippen molar-refractivity contribution in [1.29, 1.82) is 0 Å². The van der Waals surface area contributed by atoms with Gasteiger partial charge in [-0.1, -0.05) is 48.4 Å². The molecular formula is C27H30N4O2. The lowest BCUT2D eigenvalue weighted by molar-refractivity contribution is -0.139. The molecular weight excluding hydrogens is 412 g/mol. The van der Waals surface area contributed by atoms with Crippen molar-refractivity contribution in [2.45, 2.75) is 33.1 Å². The van der Waals surface area contributed by atoms with E-state index in [1.54, 1.807) is 4.68 Å². The maximum Gasteiger partial charge on any atom is 0.257 e. The highest BCUT2D eigenvalue weighted by Crippen LogP contribution is 2.30. The second-order valence-electron chi connectivity index (χ2n) is 9.24. The quantitative estimate of drug-likeness (QED) is 0.607. The molecule has 6 heteroatoms. The van der Waals surface area contributed by atoms with Crippen molar-refractivity contribution in [3.8, 4) is 16.9 Å². The fraction of sp³-hybridized carbons (Fsp3) is 0.370. The summed E-state index contributed by atoms with van der Waals surface area (Å²) in [5.74, 6) is 0.441. The van der Waals surface area contributed by atoms with E-state index in [1.165, 1.54) is 5.56 Å². The third kappa shape index (κ3) is 4.17. The molecule has 0 unspecified atom stereocenters. The number of hydrogen-bond donors (Lipinski definition) is 0. The molecule has 0 bridgehead atoms. The fourth-order valence-electron chi connectivity index (χ4n) is 4.74. The molecule has 2 heterocycles. The minimum Gasteiger partial charge on any atom is -0.339 e. The van der Waals surface area contributed by atoms with Gasteiger partial charge in [0.15, 0.2) is 0 Å². The number of para-hydroxylation sites is 1. The van der Waals surface area contributed by atoms with Gasteiger partial charge in [-0.3, -0.25) is 9.59 Å². The second kappa shape index (κ2) is 8.85. The zero-order valence-electron chi connectivity index (χ0n) is 19.3. The van der Waals surface area contributed by atoms with Crippen molar-refractivity contribution >= 4 is 11.8 Å². The number of nitrogens with zero attached hydrogens (tertiary/aromatic N) is 4. The lowest BCUT2D eigenvalue weighted by atomic mass is 9.84. The van der Waals surface area contributed by atoms with Crippen LogP contribution < -0.4 is 0 Å². The summed E-state index contributed by atoms with van der Waals surface area (Å²) in [4.78, 5) is 30.1. The van der Waals surface area contributed by atoms with E-state index in [2.05, 4.69) is 26.0 Å². The van der Waals surface area contributed by atoms with Gasteiger partial charge in [-0.25, -0.2) is 4.68 Å². The molecule has 170 valence electrons. The first kappa shape index (κ1) is 21.4. The Bertz CT molecular complexity index is 1170.